The highest BCUT2D eigenvalue weighted by Crippen LogP contribution is 2.29. The first-order valence-electron chi connectivity index (χ1n) is 8.74. The quantitative estimate of drug-likeness (QED) is 0.752. The van der Waals surface area contributed by atoms with Gasteiger partial charge >= 0.3 is 0 Å². The maximum Gasteiger partial charge on any atom is 0.223 e. The molecule has 0 heterocycles. The number of nitrogens with two attached hydrogens (primary N) is 1. The zero-order valence-electron chi connectivity index (χ0n) is 15.4. The van der Waals surface area contributed by atoms with Gasteiger partial charge in [0.25, 0.3) is 0 Å². The number of para-hydroxylation sites is 1. The third kappa shape index (κ3) is 5.62. The van der Waals surface area contributed by atoms with E-state index in [9.17, 15) is 9.59 Å². The summed E-state index contributed by atoms with van der Waals surface area (Å²) in [6, 6.07) is 17.4. The second-order valence-electron chi connectivity index (χ2n) is 6.36. The van der Waals surface area contributed by atoms with Crippen LogP contribution in [-0.4, -0.2) is 30.4 Å². The maximum atomic E-state index is 12.9. The van der Waals surface area contributed by atoms with Gasteiger partial charge in [0.15, 0.2) is 0 Å². The number of nitrogens with zero attached hydrogens (tertiary/aromatic N) is 1. The van der Waals surface area contributed by atoms with Crippen molar-refractivity contribution in [2.24, 2.45) is 5.73 Å². The van der Waals surface area contributed by atoms with Crippen LogP contribution in [0, 0.1) is 0 Å². The molecule has 0 fully saturated rings. The predicted molar refractivity (Wildman–Crippen MR) is 102 cm³/mol. The van der Waals surface area contributed by atoms with Gasteiger partial charge in [-0.3, -0.25) is 9.59 Å². The number of carbonyl (C=O) groups is 2. The Hall–Kier alpha value is -2.82. The molecule has 0 radical (unpaired) electrons. The summed E-state index contributed by atoms with van der Waals surface area (Å²) in [5, 5.41) is 0. The first kappa shape index (κ1) is 19.5. The Morgan fingerprint density at radius 1 is 1.08 bits per heavy atom. The first-order chi connectivity index (χ1) is 12.5. The molecule has 2 N–H and O–H groups in total. The van der Waals surface area contributed by atoms with Crippen molar-refractivity contribution in [2.75, 3.05) is 13.7 Å². The number of carbonyl (C=O) groups excluding carboxylic acids is 2. The van der Waals surface area contributed by atoms with Gasteiger partial charge in [-0.2, -0.15) is 0 Å². The van der Waals surface area contributed by atoms with Crippen molar-refractivity contribution < 1.29 is 14.3 Å². The molecule has 2 aromatic carbocycles. The molecule has 0 saturated heterocycles. The number of primary amides is 1. The molecule has 5 heteroatoms. The van der Waals surface area contributed by atoms with E-state index in [2.05, 4.69) is 0 Å². The predicted octanol–water partition coefficient (Wildman–Crippen LogP) is 3.09. The highest BCUT2D eigenvalue weighted by Gasteiger charge is 2.20. The Kier molecular flexibility index (Phi) is 7.21. The van der Waals surface area contributed by atoms with Crippen LogP contribution in [0.3, 0.4) is 0 Å². The lowest BCUT2D eigenvalue weighted by atomic mass is 9.96. The lowest BCUT2D eigenvalue weighted by molar-refractivity contribution is -0.132. The summed E-state index contributed by atoms with van der Waals surface area (Å²) in [5.41, 5.74) is 7.29. The highest BCUT2D eigenvalue weighted by molar-refractivity contribution is 5.79. The number of rotatable bonds is 9. The second kappa shape index (κ2) is 9.61. The largest absolute Gasteiger partial charge is 0.496 e. The fourth-order valence-corrected chi connectivity index (χ4v) is 2.92. The molecule has 1 unspecified atom stereocenters. The van der Waals surface area contributed by atoms with Crippen LogP contribution in [0.5, 0.6) is 5.75 Å². The minimum Gasteiger partial charge on any atom is -0.496 e. The summed E-state index contributed by atoms with van der Waals surface area (Å²) in [5.74, 6) is 0.368. The van der Waals surface area contributed by atoms with E-state index in [0.29, 0.717) is 19.5 Å². The first-order valence-corrected chi connectivity index (χ1v) is 8.74. The monoisotopic (exact) mass is 354 g/mol. The molecule has 2 amide bonds. The summed E-state index contributed by atoms with van der Waals surface area (Å²) in [7, 11) is 1.63. The molecule has 0 aromatic heterocycles. The van der Waals surface area contributed by atoms with Crippen molar-refractivity contribution in [3.63, 3.8) is 0 Å². The summed E-state index contributed by atoms with van der Waals surface area (Å²) in [6.07, 6.45) is 0.494. The zero-order valence-corrected chi connectivity index (χ0v) is 15.4. The molecule has 2 rings (SSSR count). The van der Waals surface area contributed by atoms with E-state index in [1.807, 2.05) is 61.5 Å². The Balaban J connectivity index is 2.10. The minimum absolute atomic E-state index is 0.00509. The minimum atomic E-state index is -0.409. The Morgan fingerprint density at radius 3 is 2.38 bits per heavy atom. The van der Waals surface area contributed by atoms with Gasteiger partial charge < -0.3 is 15.4 Å². The lowest BCUT2D eigenvalue weighted by Crippen LogP contribution is -2.34. The van der Waals surface area contributed by atoms with Gasteiger partial charge in [0, 0.05) is 25.9 Å². The Morgan fingerprint density at radius 2 is 1.73 bits per heavy atom. The smallest absolute Gasteiger partial charge is 0.223 e. The van der Waals surface area contributed by atoms with Crippen LogP contribution in [0.1, 0.15) is 36.8 Å². The van der Waals surface area contributed by atoms with E-state index in [0.717, 1.165) is 16.9 Å². The van der Waals surface area contributed by atoms with Crippen molar-refractivity contribution in [3.8, 4) is 5.75 Å². The average Bonchev–Trinajstić information content (AvgIpc) is 2.65. The summed E-state index contributed by atoms with van der Waals surface area (Å²) >= 11 is 0. The number of methoxy groups -OCH3 is 1. The van der Waals surface area contributed by atoms with Crippen molar-refractivity contribution >= 4 is 11.8 Å². The molecule has 2 aromatic rings. The van der Waals surface area contributed by atoms with Gasteiger partial charge in [-0.25, -0.2) is 0 Å². The van der Waals surface area contributed by atoms with Crippen LogP contribution in [0.4, 0.5) is 0 Å². The summed E-state index contributed by atoms with van der Waals surface area (Å²) in [4.78, 5) is 25.8. The summed E-state index contributed by atoms with van der Waals surface area (Å²) < 4.78 is 5.40. The van der Waals surface area contributed by atoms with Crippen LogP contribution in [0.15, 0.2) is 54.6 Å². The third-order valence-electron chi connectivity index (χ3n) is 4.35. The number of ether oxygens (including phenoxy) is 1. The molecule has 0 aliphatic carbocycles. The van der Waals surface area contributed by atoms with Gasteiger partial charge in [0.05, 0.1) is 7.11 Å². The number of hydrogen-bond acceptors (Lipinski definition) is 3. The van der Waals surface area contributed by atoms with Crippen LogP contribution in [-0.2, 0) is 16.1 Å². The number of amides is 2. The molecule has 26 heavy (non-hydrogen) atoms. The fourth-order valence-electron chi connectivity index (χ4n) is 2.92. The van der Waals surface area contributed by atoms with Gasteiger partial charge in [0.2, 0.25) is 11.8 Å². The second-order valence-corrected chi connectivity index (χ2v) is 6.36. The van der Waals surface area contributed by atoms with Gasteiger partial charge in [-0.15, -0.1) is 0 Å². The average molecular weight is 354 g/mol. The number of hydrogen-bond donors (Lipinski definition) is 1. The molecule has 138 valence electrons. The third-order valence-corrected chi connectivity index (χ3v) is 4.35. The van der Waals surface area contributed by atoms with E-state index < -0.39 is 5.91 Å². The molecule has 5 nitrogen and oxygen atoms in total. The zero-order chi connectivity index (χ0) is 18.9. The Bertz CT molecular complexity index is 731. The lowest BCUT2D eigenvalue weighted by Gasteiger charge is -2.24. The molecular weight excluding hydrogens is 328 g/mol. The molecule has 0 saturated carbocycles. The van der Waals surface area contributed by atoms with E-state index in [1.165, 1.54) is 0 Å². The van der Waals surface area contributed by atoms with E-state index in [1.54, 1.807) is 12.0 Å². The fraction of sp³-hybridized carbons (Fsp3) is 0.333. The van der Waals surface area contributed by atoms with Crippen molar-refractivity contribution in [2.45, 2.75) is 32.2 Å². The topological polar surface area (TPSA) is 72.6 Å². The van der Waals surface area contributed by atoms with Gasteiger partial charge in [-0.1, -0.05) is 55.5 Å². The maximum absolute atomic E-state index is 12.9. The van der Waals surface area contributed by atoms with Gasteiger partial charge in [-0.05, 0) is 23.1 Å². The number of benzene rings is 2. The standard InChI is InChI=1S/C21H26N2O3/c1-16(18-10-6-7-11-19(18)26-2)14-21(25)23(13-12-20(22)24)15-17-8-4-3-5-9-17/h3-11,16H,12-15H2,1-2H3,(H2,22,24). The van der Waals surface area contributed by atoms with Gasteiger partial charge in [0.1, 0.15) is 5.75 Å². The van der Waals surface area contributed by atoms with Crippen molar-refractivity contribution in [1.82, 2.24) is 4.90 Å². The van der Waals surface area contributed by atoms with E-state index >= 15 is 0 Å². The molecular formula is C21H26N2O3. The van der Waals surface area contributed by atoms with Crippen LogP contribution >= 0.6 is 0 Å². The van der Waals surface area contributed by atoms with Crippen molar-refractivity contribution in [1.29, 1.82) is 0 Å². The molecule has 0 spiro atoms. The van der Waals surface area contributed by atoms with Crippen molar-refractivity contribution in [3.05, 3.63) is 65.7 Å². The molecule has 1 atom stereocenters. The van der Waals surface area contributed by atoms with Crippen LogP contribution in [0.2, 0.25) is 0 Å². The molecule has 0 aliphatic heterocycles. The SMILES string of the molecule is COc1ccccc1C(C)CC(=O)N(CCC(N)=O)Cc1ccccc1. The van der Waals surface area contributed by atoms with E-state index in [4.69, 9.17) is 10.5 Å². The molecule has 0 bridgehead atoms. The normalized spacial score (nSPS) is 11.6. The van der Waals surface area contributed by atoms with Crippen LogP contribution < -0.4 is 10.5 Å². The molecule has 0 aliphatic rings. The summed E-state index contributed by atoms with van der Waals surface area (Å²) in [6.45, 7) is 2.79. The Labute approximate surface area is 154 Å². The highest BCUT2D eigenvalue weighted by atomic mass is 16.5. The van der Waals surface area contributed by atoms with Crippen LogP contribution in [0.25, 0.3) is 0 Å². The van der Waals surface area contributed by atoms with E-state index in [-0.39, 0.29) is 18.2 Å².